The minimum Gasteiger partial charge on any atom is -0.494 e. The van der Waals surface area contributed by atoms with Crippen LogP contribution in [0, 0.1) is 31.6 Å². The Balaban J connectivity index is 0.000000378. The molecule has 0 atom stereocenters. The number of ketones is 4. The van der Waals surface area contributed by atoms with E-state index in [1.54, 1.807) is 0 Å². The van der Waals surface area contributed by atoms with Crippen LogP contribution in [0.5, 0.6) is 11.5 Å². The number of hydrogen-bond acceptors (Lipinski definition) is 10. The summed E-state index contributed by atoms with van der Waals surface area (Å²) >= 11 is 0. The van der Waals surface area contributed by atoms with E-state index in [1.165, 1.54) is 178 Å². The third-order valence-electron chi connectivity index (χ3n) is 23.8. The first-order valence-electron chi connectivity index (χ1n) is 48.4. The molecule has 4 N–H and O–H groups in total. The van der Waals surface area contributed by atoms with Gasteiger partial charge in [-0.1, -0.05) is 340 Å². The number of nitrogens with two attached hydrogens (primary N) is 1. The predicted octanol–water partition coefficient (Wildman–Crippen LogP) is 29.9. The van der Waals surface area contributed by atoms with Crippen LogP contribution in [0.15, 0.2) is 164 Å². The minimum absolute atomic E-state index is 0. The SMILES string of the molecule is C.CCCC(O)(CCC)CCc1cccc(OCCCN)c1.CCCCc1cccc(C(=O)CC(CCC)CCC)c1.CCCCc1cccc(C(=O)CC2CCCCC2)c1.CCCCc1cccc(C(=O)Cc2c(C)cccc2C)c1.CCCOCc1cccc(CCC(O)(CCC)CCC)c1.CCCOc1cccc(C(=O)CC2CCCCC2)c1. The Bertz CT molecular complexity index is 3700. The van der Waals surface area contributed by atoms with Crippen molar-refractivity contribution in [1.29, 1.82) is 0 Å². The minimum atomic E-state index is -0.514. The zero-order valence-electron chi connectivity index (χ0n) is 78.4. The lowest BCUT2D eigenvalue weighted by Gasteiger charge is -2.27. The molecule has 10 nitrogen and oxygen atoms in total. The molecule has 2 saturated carbocycles. The molecule has 0 amide bonds. The summed E-state index contributed by atoms with van der Waals surface area (Å²) in [7, 11) is 0. The number of aliphatic hydroxyl groups is 2. The molecule has 678 valence electrons. The molecule has 0 unspecified atom stereocenters. The highest BCUT2D eigenvalue weighted by molar-refractivity contribution is 5.98. The van der Waals surface area contributed by atoms with Gasteiger partial charge in [-0.15, -0.1) is 0 Å². The van der Waals surface area contributed by atoms with Gasteiger partial charge in [-0.3, -0.25) is 19.2 Å². The Morgan fingerprint density at radius 3 is 1.17 bits per heavy atom. The molecular formula is C112H171NO9. The number of hydrogen-bond donors (Lipinski definition) is 3. The number of benzene rings is 7. The Labute approximate surface area is 744 Å². The number of aryl methyl sites for hydroxylation is 7. The Kier molecular flexibility index (Phi) is 59.0. The second-order valence-electron chi connectivity index (χ2n) is 35.1. The first-order valence-corrected chi connectivity index (χ1v) is 48.4. The lowest BCUT2D eigenvalue weighted by Crippen LogP contribution is -2.28. The zero-order valence-corrected chi connectivity index (χ0v) is 78.4. The van der Waals surface area contributed by atoms with Gasteiger partial charge in [0.25, 0.3) is 0 Å². The van der Waals surface area contributed by atoms with Gasteiger partial charge in [0.05, 0.1) is 31.0 Å². The summed E-state index contributed by atoms with van der Waals surface area (Å²) in [5.74, 6) is 4.69. The van der Waals surface area contributed by atoms with Crippen molar-refractivity contribution in [2.24, 2.45) is 23.5 Å². The van der Waals surface area contributed by atoms with E-state index >= 15 is 0 Å². The van der Waals surface area contributed by atoms with Crippen molar-refractivity contribution in [1.82, 2.24) is 0 Å². The summed E-state index contributed by atoms with van der Waals surface area (Å²) in [5.41, 5.74) is 19.2. The summed E-state index contributed by atoms with van der Waals surface area (Å²) in [5, 5.41) is 21.4. The molecule has 9 rings (SSSR count). The lowest BCUT2D eigenvalue weighted by molar-refractivity contribution is 0.0127. The van der Waals surface area contributed by atoms with Crippen LogP contribution in [-0.2, 0) is 49.9 Å². The topological polar surface area (TPSA) is 162 Å². The molecule has 0 heterocycles. The van der Waals surface area contributed by atoms with Crippen molar-refractivity contribution >= 4 is 23.1 Å². The quantitative estimate of drug-likeness (QED) is 0.0247. The maximum atomic E-state index is 12.5. The van der Waals surface area contributed by atoms with E-state index < -0.39 is 11.2 Å². The van der Waals surface area contributed by atoms with Gasteiger partial charge >= 0.3 is 0 Å². The molecule has 2 aliphatic rings. The molecule has 10 heteroatoms. The fourth-order valence-corrected chi connectivity index (χ4v) is 16.9. The third kappa shape index (κ3) is 46.0. The number of rotatable bonds is 50. The molecular weight excluding hydrogens is 1500 g/mol. The van der Waals surface area contributed by atoms with Crippen molar-refractivity contribution in [3.63, 3.8) is 0 Å². The van der Waals surface area contributed by atoms with Gasteiger partial charge in [-0.25, -0.2) is 0 Å². The average molecular weight is 1680 g/mol. The average Bonchev–Trinajstić information content (AvgIpc) is 0.805. The standard InChI is InChI=1S/C20H24O.C19H32O2.C19H30O.C18H31NO2.C18H26O.C17H24O2.CH4/c1-4-5-10-17-11-7-12-18(13-17)20(21)14-19-15(2)8-6-9-16(19)3;1-4-11-19(20,12-5-2)13-10-17-8-7-9-18(15-17)16-21-14-6-3;1-4-7-11-17-12-8-13-18(14-17)19(20)15-16(9-5-2)10-6-3;1-3-10-18(20,11-4-2)12-9-16-7-5-8-17(15-16)21-14-6-13-19;1-2-3-8-15-11-7-12-17(13-15)18(19)14-16-9-5-4-6-10-16;1-2-11-19-16-10-6-9-15(13-16)17(18)12-14-7-4-3-5-8-14;/h6-9,11-13H,4-5,10,14H2,1-3H3;7-9,15,20H,4-6,10-14,16H2,1-3H3;8,12-14,16H,4-7,9-11,15H2,1-3H3;5,7-8,15,20H,3-4,6,9-14,19H2,1-2H3;7,11-13,16H,2-6,8-10,14H2,1H3;6,9-10,13-14H,2-5,7-8,11-12H2,1H3;1H4. The maximum Gasteiger partial charge on any atom is 0.167 e. The normalized spacial score (nSPS) is 12.8. The highest BCUT2D eigenvalue weighted by atomic mass is 16.5. The van der Waals surface area contributed by atoms with Gasteiger partial charge < -0.3 is 30.2 Å². The second-order valence-corrected chi connectivity index (χ2v) is 35.1. The molecule has 0 spiro atoms. The van der Waals surface area contributed by atoms with Crippen molar-refractivity contribution in [3.05, 3.63) is 236 Å². The summed E-state index contributed by atoms with van der Waals surface area (Å²) in [6.45, 7) is 31.5. The first kappa shape index (κ1) is 109. The first-order chi connectivity index (χ1) is 58.7. The van der Waals surface area contributed by atoms with Crippen LogP contribution in [-0.4, -0.2) is 70.9 Å². The van der Waals surface area contributed by atoms with Crippen LogP contribution in [0.25, 0.3) is 0 Å². The highest BCUT2D eigenvalue weighted by Crippen LogP contribution is 2.32. The van der Waals surface area contributed by atoms with Gasteiger partial charge in [0.15, 0.2) is 23.1 Å². The van der Waals surface area contributed by atoms with Gasteiger partial charge in [-0.2, -0.15) is 0 Å². The van der Waals surface area contributed by atoms with Crippen LogP contribution < -0.4 is 15.2 Å². The zero-order chi connectivity index (χ0) is 88.1. The van der Waals surface area contributed by atoms with E-state index in [0.29, 0.717) is 68.5 Å². The fourth-order valence-electron chi connectivity index (χ4n) is 16.9. The van der Waals surface area contributed by atoms with Crippen LogP contribution in [0.3, 0.4) is 0 Å². The van der Waals surface area contributed by atoms with E-state index in [1.807, 2.05) is 78.9 Å². The van der Waals surface area contributed by atoms with Gasteiger partial charge in [-0.05, 0) is 240 Å². The second kappa shape index (κ2) is 66.2. The van der Waals surface area contributed by atoms with Crippen molar-refractivity contribution < 1.29 is 43.6 Å². The Morgan fingerprint density at radius 2 is 0.746 bits per heavy atom. The number of Topliss-reactive ketones (excluding diaryl/α,β-unsaturated/α-hetero) is 4. The van der Waals surface area contributed by atoms with E-state index in [2.05, 4.69) is 175 Å². The maximum absolute atomic E-state index is 12.5. The summed E-state index contributed by atoms with van der Waals surface area (Å²) < 4.78 is 16.9. The largest absolute Gasteiger partial charge is 0.494 e. The molecule has 0 saturated heterocycles. The van der Waals surface area contributed by atoms with Crippen LogP contribution in [0.2, 0.25) is 0 Å². The lowest BCUT2D eigenvalue weighted by atomic mass is 9.84. The fraction of sp³-hybridized carbons (Fsp3) is 0.589. The Hall–Kier alpha value is -7.34. The number of unbranched alkanes of at least 4 members (excludes halogenated alkanes) is 3. The van der Waals surface area contributed by atoms with Crippen LogP contribution in [0.1, 0.15) is 406 Å². The van der Waals surface area contributed by atoms with E-state index in [-0.39, 0.29) is 19.0 Å². The highest BCUT2D eigenvalue weighted by Gasteiger charge is 2.27. The molecule has 0 aromatic heterocycles. The number of ether oxygens (including phenoxy) is 3. The van der Waals surface area contributed by atoms with Crippen LogP contribution in [0.4, 0.5) is 0 Å². The third-order valence-corrected chi connectivity index (χ3v) is 23.8. The molecule has 2 aliphatic carbocycles. The molecule has 7 aromatic carbocycles. The predicted molar refractivity (Wildman–Crippen MR) is 520 cm³/mol. The van der Waals surface area contributed by atoms with E-state index in [0.717, 1.165) is 169 Å². The van der Waals surface area contributed by atoms with Crippen molar-refractivity contribution in [2.75, 3.05) is 26.4 Å². The molecule has 0 bridgehead atoms. The van der Waals surface area contributed by atoms with Gasteiger partial charge in [0.2, 0.25) is 0 Å². The van der Waals surface area contributed by atoms with Gasteiger partial charge in [0.1, 0.15) is 11.5 Å². The van der Waals surface area contributed by atoms with Crippen molar-refractivity contribution in [3.8, 4) is 11.5 Å². The van der Waals surface area contributed by atoms with Crippen molar-refractivity contribution in [2.45, 2.75) is 385 Å². The summed E-state index contributed by atoms with van der Waals surface area (Å²) in [4.78, 5) is 49.6. The molecule has 122 heavy (non-hydrogen) atoms. The van der Waals surface area contributed by atoms with Crippen LogP contribution >= 0.6 is 0 Å². The number of carbonyl (C=O) groups is 4. The van der Waals surface area contributed by atoms with E-state index in [4.69, 9.17) is 19.9 Å². The molecule has 2 fully saturated rings. The summed E-state index contributed by atoms with van der Waals surface area (Å²) in [6.07, 6.45) is 44.8. The van der Waals surface area contributed by atoms with E-state index in [9.17, 15) is 29.4 Å². The monoisotopic (exact) mass is 1670 g/mol. The summed E-state index contributed by atoms with van der Waals surface area (Å²) in [6, 6.07) is 55.3. The smallest absolute Gasteiger partial charge is 0.167 e. The molecule has 0 aliphatic heterocycles. The van der Waals surface area contributed by atoms with Gasteiger partial charge in [0, 0.05) is 54.5 Å². The molecule has 0 radical (unpaired) electrons. The Morgan fingerprint density at radius 1 is 0.377 bits per heavy atom. The molecule has 7 aromatic rings. The number of carbonyl (C=O) groups excluding carboxylic acids is 4.